The number of nitrogens with zero attached hydrogens (tertiary/aromatic N) is 2. The Bertz CT molecular complexity index is 1050. The summed E-state index contributed by atoms with van der Waals surface area (Å²) in [5.41, 5.74) is 5.24. The fraction of sp³-hybridized carbons (Fsp3) is 0.208. The van der Waals surface area contributed by atoms with Crippen molar-refractivity contribution in [2.24, 2.45) is 4.99 Å². The second-order valence-electron chi connectivity index (χ2n) is 7.26. The molecule has 1 aliphatic rings. The molecule has 0 aliphatic carbocycles. The predicted octanol–water partition coefficient (Wildman–Crippen LogP) is 4.16. The van der Waals surface area contributed by atoms with Crippen LogP contribution in [0.4, 0.5) is 5.69 Å². The molecular formula is C24H26IN5O. The molecule has 4 rings (SSSR count). The Kier molecular flexibility index (Phi) is 8.00. The summed E-state index contributed by atoms with van der Waals surface area (Å²) in [5.74, 6) is 0.873. The number of guanidine groups is 1. The molecule has 0 bridgehead atoms. The number of anilines is 1. The molecule has 1 aliphatic heterocycles. The minimum Gasteiger partial charge on any atom is -0.356 e. The number of hydrogen-bond donors (Lipinski definition) is 3. The van der Waals surface area contributed by atoms with Crippen molar-refractivity contribution in [3.05, 3.63) is 84.1 Å². The second-order valence-corrected chi connectivity index (χ2v) is 7.26. The first kappa shape index (κ1) is 22.7. The van der Waals surface area contributed by atoms with Crippen molar-refractivity contribution in [1.82, 2.24) is 15.6 Å². The number of benzene rings is 2. The summed E-state index contributed by atoms with van der Waals surface area (Å²) >= 11 is 0. The van der Waals surface area contributed by atoms with E-state index in [1.807, 2.05) is 42.5 Å². The molecule has 3 aromatic rings. The lowest BCUT2D eigenvalue weighted by Crippen LogP contribution is -2.40. The zero-order valence-electron chi connectivity index (χ0n) is 17.3. The van der Waals surface area contributed by atoms with Crippen LogP contribution in [0, 0.1) is 0 Å². The molecule has 31 heavy (non-hydrogen) atoms. The van der Waals surface area contributed by atoms with E-state index < -0.39 is 0 Å². The normalized spacial score (nSPS) is 15.3. The molecule has 2 heterocycles. The number of amides is 1. The van der Waals surface area contributed by atoms with Crippen molar-refractivity contribution in [3.63, 3.8) is 0 Å². The lowest BCUT2D eigenvalue weighted by molar-refractivity contribution is -0.116. The van der Waals surface area contributed by atoms with Gasteiger partial charge in [0.1, 0.15) is 0 Å². The maximum Gasteiger partial charge on any atom is 0.225 e. The number of rotatable bonds is 5. The number of halogens is 1. The Balaban J connectivity index is 0.00000272. The highest BCUT2D eigenvalue weighted by atomic mass is 127. The first-order valence-corrected chi connectivity index (χ1v) is 10.1. The van der Waals surface area contributed by atoms with Gasteiger partial charge in [-0.05, 0) is 35.4 Å². The van der Waals surface area contributed by atoms with E-state index >= 15 is 0 Å². The maximum atomic E-state index is 12.0. The third kappa shape index (κ3) is 5.81. The molecular weight excluding hydrogens is 501 g/mol. The zero-order chi connectivity index (χ0) is 20.8. The van der Waals surface area contributed by atoms with Crippen molar-refractivity contribution in [1.29, 1.82) is 0 Å². The molecule has 1 amide bonds. The van der Waals surface area contributed by atoms with E-state index in [0.29, 0.717) is 25.5 Å². The van der Waals surface area contributed by atoms with Crippen LogP contribution in [0.15, 0.2) is 77.9 Å². The van der Waals surface area contributed by atoms with E-state index in [2.05, 4.69) is 50.2 Å². The van der Waals surface area contributed by atoms with Crippen LogP contribution >= 0.6 is 24.0 Å². The van der Waals surface area contributed by atoms with Crippen molar-refractivity contribution < 1.29 is 4.79 Å². The van der Waals surface area contributed by atoms with Gasteiger partial charge in [0.2, 0.25) is 5.91 Å². The average molecular weight is 527 g/mol. The first-order chi connectivity index (χ1) is 14.7. The monoisotopic (exact) mass is 527 g/mol. The molecule has 7 heteroatoms. The fourth-order valence-electron chi connectivity index (χ4n) is 3.68. The van der Waals surface area contributed by atoms with Crippen LogP contribution in [-0.4, -0.2) is 30.4 Å². The minimum atomic E-state index is 0. The summed E-state index contributed by atoms with van der Waals surface area (Å²) in [7, 11) is 1.75. The maximum absolute atomic E-state index is 12.0. The Morgan fingerprint density at radius 1 is 1.10 bits per heavy atom. The summed E-state index contributed by atoms with van der Waals surface area (Å²) in [4.78, 5) is 20.8. The van der Waals surface area contributed by atoms with Crippen LogP contribution < -0.4 is 16.0 Å². The van der Waals surface area contributed by atoms with Crippen molar-refractivity contribution >= 4 is 41.5 Å². The molecule has 160 valence electrons. The van der Waals surface area contributed by atoms with Crippen LogP contribution in [-0.2, 0) is 11.3 Å². The van der Waals surface area contributed by atoms with E-state index in [0.717, 1.165) is 28.1 Å². The summed E-state index contributed by atoms with van der Waals surface area (Å²) in [6, 6.07) is 22.2. The number of para-hydroxylation sites is 1. The molecule has 6 nitrogen and oxygen atoms in total. The molecule has 0 spiro atoms. The fourth-order valence-corrected chi connectivity index (χ4v) is 3.68. The van der Waals surface area contributed by atoms with Crippen molar-refractivity contribution in [2.45, 2.75) is 18.9 Å². The number of hydrogen-bond acceptors (Lipinski definition) is 3. The van der Waals surface area contributed by atoms with E-state index in [1.165, 1.54) is 0 Å². The highest BCUT2D eigenvalue weighted by Gasteiger charge is 2.24. The summed E-state index contributed by atoms with van der Waals surface area (Å²) in [5, 5.41) is 9.66. The summed E-state index contributed by atoms with van der Waals surface area (Å²) in [6.07, 6.45) is 2.27. The molecule has 2 aromatic carbocycles. The molecule has 1 unspecified atom stereocenters. The number of nitrogens with one attached hydrogen (secondary N) is 3. The Morgan fingerprint density at radius 2 is 1.94 bits per heavy atom. The topological polar surface area (TPSA) is 78.4 Å². The van der Waals surface area contributed by atoms with E-state index in [4.69, 9.17) is 0 Å². The lowest BCUT2D eigenvalue weighted by atomic mass is 9.90. The van der Waals surface area contributed by atoms with Gasteiger partial charge in [-0.15, -0.1) is 24.0 Å². The zero-order valence-corrected chi connectivity index (χ0v) is 19.7. The van der Waals surface area contributed by atoms with Crippen LogP contribution in [0.25, 0.3) is 11.3 Å². The van der Waals surface area contributed by atoms with Gasteiger partial charge in [0, 0.05) is 49.9 Å². The van der Waals surface area contributed by atoms with Gasteiger partial charge in [-0.1, -0.05) is 42.5 Å². The highest BCUT2D eigenvalue weighted by Crippen LogP contribution is 2.31. The van der Waals surface area contributed by atoms with Gasteiger partial charge in [0.05, 0.1) is 5.69 Å². The molecule has 0 saturated carbocycles. The Hall–Kier alpha value is -2.94. The molecule has 0 radical (unpaired) electrons. The number of carbonyl (C=O) groups excluding carboxylic acids is 1. The van der Waals surface area contributed by atoms with E-state index in [-0.39, 0.29) is 35.8 Å². The molecule has 1 atom stereocenters. The van der Waals surface area contributed by atoms with Gasteiger partial charge in [-0.2, -0.15) is 0 Å². The van der Waals surface area contributed by atoms with Crippen molar-refractivity contribution in [2.75, 3.05) is 18.9 Å². The van der Waals surface area contributed by atoms with Gasteiger partial charge in [0.25, 0.3) is 0 Å². The van der Waals surface area contributed by atoms with Gasteiger partial charge >= 0.3 is 0 Å². The Morgan fingerprint density at radius 3 is 2.74 bits per heavy atom. The molecule has 3 N–H and O–H groups in total. The average Bonchev–Trinajstić information content (AvgIpc) is 2.79. The first-order valence-electron chi connectivity index (χ1n) is 10.1. The largest absolute Gasteiger partial charge is 0.356 e. The number of fused-ring (bicyclic) bond motifs is 1. The molecule has 0 fully saturated rings. The van der Waals surface area contributed by atoms with E-state index in [1.54, 1.807) is 13.2 Å². The van der Waals surface area contributed by atoms with Gasteiger partial charge < -0.3 is 16.0 Å². The quantitative estimate of drug-likeness (QED) is 0.265. The SMILES string of the molecule is CN=C(NCc1cccc(-c2ccccn2)c1)NCC1CC(=O)Nc2ccccc21.I. The number of pyridine rings is 1. The van der Waals surface area contributed by atoms with Gasteiger partial charge in [-0.25, -0.2) is 0 Å². The van der Waals surface area contributed by atoms with Crippen LogP contribution in [0.5, 0.6) is 0 Å². The Labute approximate surface area is 199 Å². The van der Waals surface area contributed by atoms with E-state index in [9.17, 15) is 4.79 Å². The third-order valence-corrected chi connectivity index (χ3v) is 5.19. The van der Waals surface area contributed by atoms with Gasteiger partial charge in [-0.3, -0.25) is 14.8 Å². The lowest BCUT2D eigenvalue weighted by Gasteiger charge is -2.26. The minimum absolute atomic E-state index is 0. The summed E-state index contributed by atoms with van der Waals surface area (Å²) in [6.45, 7) is 1.28. The van der Waals surface area contributed by atoms with Crippen molar-refractivity contribution in [3.8, 4) is 11.3 Å². The molecule has 0 saturated heterocycles. The van der Waals surface area contributed by atoms with Gasteiger partial charge in [0.15, 0.2) is 5.96 Å². The highest BCUT2D eigenvalue weighted by molar-refractivity contribution is 14.0. The predicted molar refractivity (Wildman–Crippen MR) is 136 cm³/mol. The number of aromatic nitrogens is 1. The number of carbonyl (C=O) groups is 1. The van der Waals surface area contributed by atoms with Crippen LogP contribution in [0.3, 0.4) is 0 Å². The number of aliphatic imine (C=N–C) groups is 1. The molecule has 1 aromatic heterocycles. The standard InChI is InChI=1S/C24H25N5O.HI/c1-25-24(28-16-19-14-23(30)29-22-11-3-2-9-20(19)22)27-15-17-7-6-8-18(13-17)21-10-4-5-12-26-21;/h2-13,19H,14-16H2,1H3,(H,29,30)(H2,25,27,28);1H. The smallest absolute Gasteiger partial charge is 0.225 e. The van der Waals surface area contributed by atoms with Crippen LogP contribution in [0.2, 0.25) is 0 Å². The summed E-state index contributed by atoms with van der Waals surface area (Å²) < 4.78 is 0. The second kappa shape index (κ2) is 10.9. The third-order valence-electron chi connectivity index (χ3n) is 5.19. The van der Waals surface area contributed by atoms with Crippen LogP contribution in [0.1, 0.15) is 23.5 Å².